The predicted molar refractivity (Wildman–Crippen MR) is 78.7 cm³/mol. The van der Waals surface area contributed by atoms with Crippen molar-refractivity contribution in [3.63, 3.8) is 0 Å². The average Bonchev–Trinajstić information content (AvgIpc) is 3.00. The largest absolute Gasteiger partial charge is 0.329 e. The van der Waals surface area contributed by atoms with Crippen LogP contribution in [0.5, 0.6) is 0 Å². The SMILES string of the molecule is Cc1cc(C(C)N2CC(=O)N3CCCC3C2=O)c(C)s1. The van der Waals surface area contributed by atoms with Crippen molar-refractivity contribution in [3.8, 4) is 0 Å². The van der Waals surface area contributed by atoms with Crippen LogP contribution >= 0.6 is 11.3 Å². The summed E-state index contributed by atoms with van der Waals surface area (Å²) < 4.78 is 0. The van der Waals surface area contributed by atoms with Crippen molar-refractivity contribution in [2.24, 2.45) is 0 Å². The van der Waals surface area contributed by atoms with Crippen LogP contribution in [0.4, 0.5) is 0 Å². The van der Waals surface area contributed by atoms with Crippen molar-refractivity contribution < 1.29 is 9.59 Å². The Kier molecular flexibility index (Phi) is 3.32. The van der Waals surface area contributed by atoms with Crippen molar-refractivity contribution in [2.45, 2.75) is 45.7 Å². The molecule has 1 aromatic rings. The zero-order valence-electron chi connectivity index (χ0n) is 12.2. The number of amides is 2. The van der Waals surface area contributed by atoms with E-state index in [0.29, 0.717) is 0 Å². The predicted octanol–water partition coefficient (Wildman–Crippen LogP) is 2.26. The molecule has 3 rings (SSSR count). The molecule has 3 heterocycles. The minimum absolute atomic E-state index is 0.0147. The third-order valence-corrected chi connectivity index (χ3v) is 5.43. The van der Waals surface area contributed by atoms with Crippen LogP contribution in [-0.4, -0.2) is 40.7 Å². The molecule has 2 aliphatic rings. The molecule has 2 unspecified atom stereocenters. The molecule has 0 aliphatic carbocycles. The van der Waals surface area contributed by atoms with Gasteiger partial charge in [-0.15, -0.1) is 11.3 Å². The molecule has 2 saturated heterocycles. The molecule has 0 N–H and O–H groups in total. The maximum atomic E-state index is 12.6. The lowest BCUT2D eigenvalue weighted by Gasteiger charge is -2.39. The van der Waals surface area contributed by atoms with Crippen LogP contribution in [0, 0.1) is 13.8 Å². The quantitative estimate of drug-likeness (QED) is 0.839. The number of carbonyl (C=O) groups excluding carboxylic acids is 2. The summed E-state index contributed by atoms with van der Waals surface area (Å²) in [5, 5.41) is 0. The van der Waals surface area contributed by atoms with Gasteiger partial charge in [0.15, 0.2) is 0 Å². The maximum absolute atomic E-state index is 12.6. The Hall–Kier alpha value is -1.36. The van der Waals surface area contributed by atoms with E-state index < -0.39 is 0 Å². The van der Waals surface area contributed by atoms with Crippen LogP contribution in [-0.2, 0) is 9.59 Å². The third kappa shape index (κ3) is 2.04. The van der Waals surface area contributed by atoms with Crippen molar-refractivity contribution in [1.29, 1.82) is 0 Å². The van der Waals surface area contributed by atoms with Crippen molar-refractivity contribution in [3.05, 3.63) is 21.4 Å². The molecule has 0 aromatic carbocycles. The van der Waals surface area contributed by atoms with Gasteiger partial charge in [0.25, 0.3) is 0 Å². The van der Waals surface area contributed by atoms with E-state index in [1.807, 2.05) is 6.92 Å². The summed E-state index contributed by atoms with van der Waals surface area (Å²) in [4.78, 5) is 30.8. The highest BCUT2D eigenvalue weighted by Gasteiger charge is 2.43. The van der Waals surface area contributed by atoms with Gasteiger partial charge in [0, 0.05) is 16.3 Å². The molecule has 0 radical (unpaired) electrons. The van der Waals surface area contributed by atoms with Crippen molar-refractivity contribution in [1.82, 2.24) is 9.80 Å². The minimum atomic E-state index is -0.210. The Morgan fingerprint density at radius 1 is 1.35 bits per heavy atom. The van der Waals surface area contributed by atoms with Crippen LogP contribution < -0.4 is 0 Å². The number of aryl methyl sites for hydroxylation is 2. The number of thiophene rings is 1. The molecule has 2 atom stereocenters. The van der Waals surface area contributed by atoms with Gasteiger partial charge in [-0.3, -0.25) is 9.59 Å². The third-order valence-electron chi connectivity index (χ3n) is 4.44. The molecule has 2 amide bonds. The Bertz CT molecular complexity index is 566. The topological polar surface area (TPSA) is 40.6 Å². The molecule has 4 nitrogen and oxygen atoms in total. The highest BCUT2D eigenvalue weighted by Crippen LogP contribution is 2.33. The molecule has 0 bridgehead atoms. The van der Waals surface area contributed by atoms with E-state index >= 15 is 0 Å². The molecule has 2 aliphatic heterocycles. The fourth-order valence-corrected chi connectivity index (χ4v) is 4.40. The fourth-order valence-electron chi connectivity index (χ4n) is 3.39. The van der Waals surface area contributed by atoms with Crippen molar-refractivity contribution in [2.75, 3.05) is 13.1 Å². The van der Waals surface area contributed by atoms with Crippen LogP contribution in [0.1, 0.15) is 41.1 Å². The summed E-state index contributed by atoms with van der Waals surface area (Å²) in [5.41, 5.74) is 1.18. The van der Waals surface area contributed by atoms with Gasteiger partial charge in [0.1, 0.15) is 12.6 Å². The molecule has 0 saturated carbocycles. The van der Waals surface area contributed by atoms with Gasteiger partial charge in [-0.2, -0.15) is 0 Å². The van der Waals surface area contributed by atoms with Gasteiger partial charge in [-0.25, -0.2) is 0 Å². The van der Waals surface area contributed by atoms with Crippen molar-refractivity contribution >= 4 is 23.2 Å². The number of nitrogens with zero attached hydrogens (tertiary/aromatic N) is 2. The molecular weight excluding hydrogens is 272 g/mol. The minimum Gasteiger partial charge on any atom is -0.329 e. The Balaban J connectivity index is 1.88. The molecule has 5 heteroatoms. The van der Waals surface area contributed by atoms with E-state index in [1.54, 1.807) is 21.1 Å². The molecule has 20 heavy (non-hydrogen) atoms. The van der Waals surface area contributed by atoms with Crippen LogP contribution in [0.15, 0.2) is 6.07 Å². The summed E-state index contributed by atoms with van der Waals surface area (Å²) in [6.07, 6.45) is 1.76. The summed E-state index contributed by atoms with van der Waals surface area (Å²) in [6.45, 7) is 7.17. The van der Waals surface area contributed by atoms with Gasteiger partial charge in [0.05, 0.1) is 6.04 Å². The van der Waals surface area contributed by atoms with Gasteiger partial charge >= 0.3 is 0 Å². The van der Waals surface area contributed by atoms with Gasteiger partial charge in [-0.1, -0.05) is 0 Å². The first kappa shape index (κ1) is 13.6. The lowest BCUT2D eigenvalue weighted by molar-refractivity contribution is -0.155. The molecule has 108 valence electrons. The van der Waals surface area contributed by atoms with E-state index in [4.69, 9.17) is 0 Å². The zero-order valence-corrected chi connectivity index (χ0v) is 13.0. The standard InChI is InChI=1S/C15H20N2O2S/c1-9-7-12(11(3)20-9)10(2)17-8-14(18)16-6-4-5-13(16)15(17)19/h7,10,13H,4-6,8H2,1-3H3. The van der Waals surface area contributed by atoms with Crippen LogP contribution in [0.25, 0.3) is 0 Å². The Morgan fingerprint density at radius 3 is 2.75 bits per heavy atom. The first-order valence-corrected chi connectivity index (χ1v) is 7.97. The monoisotopic (exact) mass is 292 g/mol. The zero-order chi connectivity index (χ0) is 14.4. The summed E-state index contributed by atoms with van der Waals surface area (Å²) in [5.74, 6) is 0.224. The van der Waals surface area contributed by atoms with Gasteiger partial charge in [-0.05, 0) is 45.2 Å². The summed E-state index contributed by atoms with van der Waals surface area (Å²) >= 11 is 1.75. The number of hydrogen-bond acceptors (Lipinski definition) is 3. The maximum Gasteiger partial charge on any atom is 0.246 e. The molecule has 1 aromatic heterocycles. The Labute approximate surface area is 123 Å². The summed E-state index contributed by atoms with van der Waals surface area (Å²) in [7, 11) is 0. The van der Waals surface area contributed by atoms with Crippen LogP contribution in [0.3, 0.4) is 0 Å². The highest BCUT2D eigenvalue weighted by molar-refractivity contribution is 7.12. The second kappa shape index (κ2) is 4.88. The average molecular weight is 292 g/mol. The second-order valence-corrected chi connectivity index (χ2v) is 7.22. The molecule has 2 fully saturated rings. The van der Waals surface area contributed by atoms with E-state index in [1.165, 1.54) is 15.3 Å². The van der Waals surface area contributed by atoms with E-state index in [9.17, 15) is 9.59 Å². The number of carbonyl (C=O) groups is 2. The number of hydrogen-bond donors (Lipinski definition) is 0. The van der Waals surface area contributed by atoms with Gasteiger partial charge < -0.3 is 9.80 Å². The van der Waals surface area contributed by atoms with E-state index in [-0.39, 0.29) is 30.4 Å². The molecular formula is C15H20N2O2S. The number of rotatable bonds is 2. The fraction of sp³-hybridized carbons (Fsp3) is 0.600. The van der Waals surface area contributed by atoms with E-state index in [0.717, 1.165) is 19.4 Å². The first-order valence-electron chi connectivity index (χ1n) is 7.16. The normalized spacial score (nSPS) is 24.2. The number of piperazine rings is 1. The second-order valence-electron chi connectivity index (χ2n) is 5.76. The smallest absolute Gasteiger partial charge is 0.246 e. The highest BCUT2D eigenvalue weighted by atomic mass is 32.1. The molecule has 0 spiro atoms. The lowest BCUT2D eigenvalue weighted by atomic mass is 10.0. The summed E-state index contributed by atoms with van der Waals surface area (Å²) in [6, 6.07) is 1.92. The lowest BCUT2D eigenvalue weighted by Crippen LogP contribution is -2.57. The van der Waals surface area contributed by atoms with E-state index in [2.05, 4.69) is 19.9 Å². The van der Waals surface area contributed by atoms with Crippen LogP contribution in [0.2, 0.25) is 0 Å². The Morgan fingerprint density at radius 2 is 2.10 bits per heavy atom. The van der Waals surface area contributed by atoms with Gasteiger partial charge in [0.2, 0.25) is 11.8 Å². The number of fused-ring (bicyclic) bond motifs is 1. The first-order chi connectivity index (χ1) is 9.49.